The van der Waals surface area contributed by atoms with Crippen molar-refractivity contribution < 1.29 is 9.53 Å². The molecule has 1 rings (SSSR count). The standard InChI is InChI=1S/C18H29ClN2O2/c1-5-6-10-15(13-21-17(22)23-18(2,3)4)20-12-14-9-7-8-11-16(14)19/h7-9,11,15,20H,5-6,10,12-13H2,1-4H3,(H,21,22). The zero-order valence-electron chi connectivity index (χ0n) is 14.6. The van der Waals surface area contributed by atoms with Crippen LogP contribution in [0.2, 0.25) is 5.02 Å². The fourth-order valence-electron chi connectivity index (χ4n) is 2.14. The van der Waals surface area contributed by atoms with Gasteiger partial charge < -0.3 is 15.4 Å². The predicted octanol–water partition coefficient (Wildman–Crippen LogP) is 4.51. The van der Waals surface area contributed by atoms with Crippen molar-refractivity contribution in [1.82, 2.24) is 10.6 Å². The van der Waals surface area contributed by atoms with Gasteiger partial charge in [-0.25, -0.2) is 4.79 Å². The Balaban J connectivity index is 2.49. The fraction of sp³-hybridized carbons (Fsp3) is 0.611. The Kier molecular flexibility index (Phi) is 8.42. The minimum absolute atomic E-state index is 0.193. The molecular weight excluding hydrogens is 312 g/mol. The number of carbonyl (C=O) groups excluding carboxylic acids is 1. The van der Waals surface area contributed by atoms with Crippen LogP contribution in [0, 0.1) is 0 Å². The van der Waals surface area contributed by atoms with Crippen molar-refractivity contribution in [2.45, 2.75) is 65.1 Å². The van der Waals surface area contributed by atoms with Gasteiger partial charge in [0.05, 0.1) is 0 Å². The molecular formula is C18H29ClN2O2. The van der Waals surface area contributed by atoms with E-state index in [2.05, 4.69) is 17.6 Å². The Bertz CT molecular complexity index is 486. The van der Waals surface area contributed by atoms with E-state index < -0.39 is 5.60 Å². The van der Waals surface area contributed by atoms with Gasteiger partial charge in [0, 0.05) is 24.2 Å². The van der Waals surface area contributed by atoms with E-state index in [-0.39, 0.29) is 12.1 Å². The lowest BCUT2D eigenvalue weighted by molar-refractivity contribution is 0.0521. The van der Waals surface area contributed by atoms with Gasteiger partial charge in [0.15, 0.2) is 0 Å². The quantitative estimate of drug-likeness (QED) is 0.731. The molecule has 0 aromatic heterocycles. The number of unbranched alkanes of at least 4 members (excludes halogenated alkanes) is 1. The second kappa shape index (κ2) is 9.78. The number of nitrogens with one attached hydrogen (secondary N) is 2. The third-order valence-electron chi connectivity index (χ3n) is 3.34. The molecule has 1 amide bonds. The highest BCUT2D eigenvalue weighted by atomic mass is 35.5. The summed E-state index contributed by atoms with van der Waals surface area (Å²) >= 11 is 6.18. The minimum Gasteiger partial charge on any atom is -0.444 e. The molecule has 0 bridgehead atoms. The number of halogens is 1. The summed E-state index contributed by atoms with van der Waals surface area (Å²) in [6, 6.07) is 7.98. The first kappa shape index (κ1) is 19.8. The van der Waals surface area contributed by atoms with Crippen LogP contribution in [0.1, 0.15) is 52.5 Å². The van der Waals surface area contributed by atoms with E-state index in [4.69, 9.17) is 16.3 Å². The summed E-state index contributed by atoms with van der Waals surface area (Å²) < 4.78 is 5.28. The Labute approximate surface area is 144 Å². The smallest absolute Gasteiger partial charge is 0.407 e. The molecule has 0 aliphatic rings. The monoisotopic (exact) mass is 340 g/mol. The third-order valence-corrected chi connectivity index (χ3v) is 3.71. The van der Waals surface area contributed by atoms with Crippen molar-refractivity contribution in [2.75, 3.05) is 6.54 Å². The van der Waals surface area contributed by atoms with Gasteiger partial charge in [0.1, 0.15) is 5.60 Å². The topological polar surface area (TPSA) is 50.4 Å². The molecule has 1 atom stereocenters. The van der Waals surface area contributed by atoms with Crippen molar-refractivity contribution >= 4 is 17.7 Å². The number of benzene rings is 1. The van der Waals surface area contributed by atoms with Gasteiger partial charge in [-0.2, -0.15) is 0 Å². The van der Waals surface area contributed by atoms with Crippen LogP contribution in [0.3, 0.4) is 0 Å². The molecule has 0 aliphatic carbocycles. The highest BCUT2D eigenvalue weighted by molar-refractivity contribution is 6.31. The van der Waals surface area contributed by atoms with Gasteiger partial charge in [0.25, 0.3) is 0 Å². The van der Waals surface area contributed by atoms with Crippen LogP contribution >= 0.6 is 11.6 Å². The number of amides is 1. The SMILES string of the molecule is CCCCC(CNC(=O)OC(C)(C)C)NCc1ccccc1Cl. The molecule has 23 heavy (non-hydrogen) atoms. The maximum absolute atomic E-state index is 11.8. The van der Waals surface area contributed by atoms with Crippen molar-refractivity contribution in [2.24, 2.45) is 0 Å². The van der Waals surface area contributed by atoms with E-state index in [0.717, 1.165) is 29.8 Å². The van der Waals surface area contributed by atoms with Crippen LogP contribution in [0.15, 0.2) is 24.3 Å². The normalized spacial score (nSPS) is 12.7. The summed E-state index contributed by atoms with van der Waals surface area (Å²) in [6.07, 6.45) is 2.85. The largest absolute Gasteiger partial charge is 0.444 e. The van der Waals surface area contributed by atoms with Crippen molar-refractivity contribution in [3.8, 4) is 0 Å². The molecule has 0 radical (unpaired) electrons. The van der Waals surface area contributed by atoms with Gasteiger partial charge in [-0.1, -0.05) is 49.6 Å². The van der Waals surface area contributed by atoms with Gasteiger partial charge in [-0.3, -0.25) is 0 Å². The molecule has 0 aliphatic heterocycles. The van der Waals surface area contributed by atoms with E-state index in [9.17, 15) is 4.79 Å². The van der Waals surface area contributed by atoms with Crippen LogP contribution in [0.4, 0.5) is 4.79 Å². The summed E-state index contributed by atoms with van der Waals surface area (Å²) in [5.74, 6) is 0. The van der Waals surface area contributed by atoms with E-state index in [1.54, 1.807) is 0 Å². The first-order valence-corrected chi connectivity index (χ1v) is 8.63. The molecule has 0 saturated heterocycles. The zero-order valence-corrected chi connectivity index (χ0v) is 15.4. The molecule has 130 valence electrons. The second-order valence-electron chi connectivity index (χ2n) is 6.69. The van der Waals surface area contributed by atoms with E-state index in [1.807, 2.05) is 45.0 Å². The lowest BCUT2D eigenvalue weighted by Gasteiger charge is -2.23. The number of alkyl carbamates (subject to hydrolysis) is 1. The number of carbonyl (C=O) groups is 1. The average Bonchev–Trinajstić information content (AvgIpc) is 2.46. The highest BCUT2D eigenvalue weighted by Crippen LogP contribution is 2.15. The predicted molar refractivity (Wildman–Crippen MR) is 95.8 cm³/mol. The Morgan fingerprint density at radius 1 is 1.30 bits per heavy atom. The molecule has 5 heteroatoms. The maximum Gasteiger partial charge on any atom is 0.407 e. The lowest BCUT2D eigenvalue weighted by atomic mass is 10.1. The van der Waals surface area contributed by atoms with Crippen molar-refractivity contribution in [1.29, 1.82) is 0 Å². The van der Waals surface area contributed by atoms with Gasteiger partial charge >= 0.3 is 6.09 Å². The van der Waals surface area contributed by atoms with Crippen LogP contribution in [0.25, 0.3) is 0 Å². The molecule has 1 aromatic rings. The molecule has 0 heterocycles. The maximum atomic E-state index is 11.8. The third kappa shape index (κ3) is 8.82. The first-order chi connectivity index (χ1) is 10.8. The second-order valence-corrected chi connectivity index (χ2v) is 7.10. The summed E-state index contributed by atoms with van der Waals surface area (Å²) in [5.41, 5.74) is 0.585. The minimum atomic E-state index is -0.478. The highest BCUT2D eigenvalue weighted by Gasteiger charge is 2.17. The van der Waals surface area contributed by atoms with Gasteiger partial charge in [-0.05, 0) is 38.8 Å². The summed E-state index contributed by atoms with van der Waals surface area (Å²) in [6.45, 7) is 8.96. The first-order valence-electron chi connectivity index (χ1n) is 8.25. The average molecular weight is 341 g/mol. The number of rotatable bonds is 8. The van der Waals surface area contributed by atoms with Crippen LogP contribution < -0.4 is 10.6 Å². The van der Waals surface area contributed by atoms with Crippen LogP contribution in [-0.4, -0.2) is 24.3 Å². The lowest BCUT2D eigenvalue weighted by Crippen LogP contribution is -2.42. The van der Waals surface area contributed by atoms with E-state index in [0.29, 0.717) is 13.1 Å². The molecule has 2 N–H and O–H groups in total. The Hall–Kier alpha value is -1.26. The van der Waals surface area contributed by atoms with E-state index >= 15 is 0 Å². The number of ether oxygens (including phenoxy) is 1. The summed E-state index contributed by atoms with van der Waals surface area (Å²) in [5, 5.41) is 7.08. The van der Waals surface area contributed by atoms with Crippen molar-refractivity contribution in [3.63, 3.8) is 0 Å². The van der Waals surface area contributed by atoms with Gasteiger partial charge in [-0.15, -0.1) is 0 Å². The molecule has 0 saturated carbocycles. The van der Waals surface area contributed by atoms with Crippen LogP contribution in [-0.2, 0) is 11.3 Å². The number of hydrogen-bond acceptors (Lipinski definition) is 3. The fourth-order valence-corrected chi connectivity index (χ4v) is 2.35. The molecule has 1 aromatic carbocycles. The van der Waals surface area contributed by atoms with Gasteiger partial charge in [0.2, 0.25) is 0 Å². The van der Waals surface area contributed by atoms with Crippen LogP contribution in [0.5, 0.6) is 0 Å². The molecule has 0 fully saturated rings. The number of hydrogen-bond donors (Lipinski definition) is 2. The Morgan fingerprint density at radius 3 is 2.61 bits per heavy atom. The molecule has 1 unspecified atom stereocenters. The molecule has 0 spiro atoms. The molecule has 4 nitrogen and oxygen atoms in total. The van der Waals surface area contributed by atoms with Crippen molar-refractivity contribution in [3.05, 3.63) is 34.9 Å². The zero-order chi connectivity index (χ0) is 17.3. The Morgan fingerprint density at radius 2 is 2.00 bits per heavy atom. The summed E-state index contributed by atoms with van der Waals surface area (Å²) in [4.78, 5) is 11.8. The summed E-state index contributed by atoms with van der Waals surface area (Å²) in [7, 11) is 0. The van der Waals surface area contributed by atoms with E-state index in [1.165, 1.54) is 0 Å².